The molecule has 0 aliphatic heterocycles. The standard InChI is InChI=1S/C10H7F5INO2/c1-19-6(18)3-4-2-5(10(13,14)15)9(16)17-7(4)8(11)12/h2,8H,3H2,1H3. The van der Waals surface area contributed by atoms with Crippen LogP contribution in [0.1, 0.15) is 23.2 Å². The third-order valence-corrected chi connectivity index (χ3v) is 2.99. The molecule has 0 saturated heterocycles. The van der Waals surface area contributed by atoms with Crippen LogP contribution in [0.2, 0.25) is 0 Å². The number of hydrogen-bond acceptors (Lipinski definition) is 3. The fourth-order valence-corrected chi connectivity index (χ4v) is 2.02. The molecule has 1 aromatic rings. The van der Waals surface area contributed by atoms with Crippen LogP contribution in [0, 0.1) is 3.70 Å². The summed E-state index contributed by atoms with van der Waals surface area (Å²) in [6.07, 6.45) is -8.49. The Hall–Kier alpha value is -1.00. The lowest BCUT2D eigenvalue weighted by atomic mass is 10.1. The van der Waals surface area contributed by atoms with Crippen molar-refractivity contribution in [2.45, 2.75) is 19.0 Å². The number of nitrogens with zero attached hydrogens (tertiary/aromatic N) is 1. The van der Waals surface area contributed by atoms with Crippen molar-refractivity contribution in [2.24, 2.45) is 0 Å². The molecule has 0 bridgehead atoms. The van der Waals surface area contributed by atoms with Gasteiger partial charge in [0, 0.05) is 0 Å². The molecule has 1 heterocycles. The van der Waals surface area contributed by atoms with Gasteiger partial charge in [0.05, 0.1) is 19.1 Å². The lowest BCUT2D eigenvalue weighted by molar-refractivity contribution is -0.141. The largest absolute Gasteiger partial charge is 0.469 e. The van der Waals surface area contributed by atoms with Gasteiger partial charge in [-0.1, -0.05) is 0 Å². The molecule has 1 aromatic heterocycles. The van der Waals surface area contributed by atoms with Gasteiger partial charge in [0.25, 0.3) is 6.43 Å². The van der Waals surface area contributed by atoms with Crippen LogP contribution in [0.15, 0.2) is 6.07 Å². The zero-order valence-corrected chi connectivity index (χ0v) is 11.6. The smallest absolute Gasteiger partial charge is 0.418 e. The van der Waals surface area contributed by atoms with Crippen LogP contribution in [0.3, 0.4) is 0 Å². The van der Waals surface area contributed by atoms with E-state index in [4.69, 9.17) is 0 Å². The summed E-state index contributed by atoms with van der Waals surface area (Å²) in [6.45, 7) is 0. The molecule has 0 radical (unpaired) electrons. The predicted molar refractivity (Wildman–Crippen MR) is 62.6 cm³/mol. The third-order valence-electron chi connectivity index (χ3n) is 2.16. The minimum Gasteiger partial charge on any atom is -0.469 e. The number of carbonyl (C=O) groups is 1. The van der Waals surface area contributed by atoms with Crippen LogP contribution in [0.25, 0.3) is 0 Å². The monoisotopic (exact) mass is 395 g/mol. The maximum atomic E-state index is 12.7. The highest BCUT2D eigenvalue weighted by atomic mass is 127. The van der Waals surface area contributed by atoms with Crippen molar-refractivity contribution in [1.29, 1.82) is 0 Å². The van der Waals surface area contributed by atoms with E-state index < -0.39 is 45.5 Å². The van der Waals surface area contributed by atoms with E-state index in [1.165, 1.54) is 22.6 Å². The Kier molecular flexibility index (Phi) is 5.04. The highest BCUT2D eigenvalue weighted by molar-refractivity contribution is 14.1. The van der Waals surface area contributed by atoms with E-state index in [2.05, 4.69) is 9.72 Å². The Balaban J connectivity index is 3.35. The van der Waals surface area contributed by atoms with E-state index in [1.807, 2.05) is 0 Å². The summed E-state index contributed by atoms with van der Waals surface area (Å²) in [6, 6.07) is 0.507. The van der Waals surface area contributed by atoms with Gasteiger partial charge >= 0.3 is 12.1 Å². The summed E-state index contributed by atoms with van der Waals surface area (Å²) in [4.78, 5) is 14.3. The van der Waals surface area contributed by atoms with Crippen molar-refractivity contribution in [3.63, 3.8) is 0 Å². The Morgan fingerprint density at radius 1 is 1.47 bits per heavy atom. The van der Waals surface area contributed by atoms with E-state index in [9.17, 15) is 26.7 Å². The summed E-state index contributed by atoms with van der Waals surface area (Å²) >= 11 is 1.22. The van der Waals surface area contributed by atoms with Gasteiger partial charge in [-0.15, -0.1) is 0 Å². The summed E-state index contributed by atoms with van der Waals surface area (Å²) in [5, 5.41) is 0. The van der Waals surface area contributed by atoms with E-state index in [0.29, 0.717) is 6.07 Å². The maximum Gasteiger partial charge on any atom is 0.418 e. The number of pyridine rings is 1. The number of hydrogen-bond donors (Lipinski definition) is 0. The molecule has 0 unspecified atom stereocenters. The molecule has 0 aromatic carbocycles. The third kappa shape index (κ3) is 3.98. The zero-order valence-electron chi connectivity index (χ0n) is 9.39. The summed E-state index contributed by atoms with van der Waals surface area (Å²) in [5.41, 5.74) is -2.49. The Morgan fingerprint density at radius 2 is 2.05 bits per heavy atom. The average Bonchev–Trinajstić information content (AvgIpc) is 2.28. The minimum absolute atomic E-state index is 0.491. The second-order valence-corrected chi connectivity index (χ2v) is 4.44. The van der Waals surface area contributed by atoms with Gasteiger partial charge < -0.3 is 4.74 Å². The average molecular weight is 395 g/mol. The Bertz CT molecular complexity index is 490. The van der Waals surface area contributed by atoms with Crippen molar-refractivity contribution >= 4 is 28.6 Å². The van der Waals surface area contributed by atoms with Gasteiger partial charge in [-0.25, -0.2) is 13.8 Å². The predicted octanol–water partition coefficient (Wildman–Crippen LogP) is 3.36. The molecule has 0 amide bonds. The fourth-order valence-electron chi connectivity index (χ4n) is 1.30. The van der Waals surface area contributed by atoms with Crippen LogP contribution in [0.5, 0.6) is 0 Å². The molecule has 0 N–H and O–H groups in total. The van der Waals surface area contributed by atoms with Gasteiger partial charge in [-0.05, 0) is 34.2 Å². The molecule has 0 spiro atoms. The number of halogens is 6. The van der Waals surface area contributed by atoms with Crippen LogP contribution in [-0.2, 0) is 22.1 Å². The Morgan fingerprint density at radius 3 is 2.47 bits per heavy atom. The second-order valence-electron chi connectivity index (χ2n) is 3.42. The molecular formula is C10H7F5INO2. The first-order chi connectivity index (χ1) is 8.66. The molecular weight excluding hydrogens is 388 g/mol. The summed E-state index contributed by atoms with van der Waals surface area (Å²) < 4.78 is 66.9. The van der Waals surface area contributed by atoms with Crippen molar-refractivity contribution in [3.05, 3.63) is 26.6 Å². The van der Waals surface area contributed by atoms with E-state index >= 15 is 0 Å². The van der Waals surface area contributed by atoms with Crippen molar-refractivity contribution in [3.8, 4) is 0 Å². The molecule has 0 aliphatic rings. The molecule has 0 atom stereocenters. The first kappa shape index (κ1) is 16.1. The highest BCUT2D eigenvalue weighted by Crippen LogP contribution is 2.35. The lowest BCUT2D eigenvalue weighted by Crippen LogP contribution is -2.15. The number of carbonyl (C=O) groups excluding carboxylic acids is 1. The SMILES string of the molecule is COC(=O)Cc1cc(C(F)(F)F)c(I)nc1C(F)F. The minimum atomic E-state index is -4.73. The lowest BCUT2D eigenvalue weighted by Gasteiger charge is -2.13. The quantitative estimate of drug-likeness (QED) is 0.341. The van der Waals surface area contributed by atoms with Crippen LogP contribution in [0.4, 0.5) is 22.0 Å². The maximum absolute atomic E-state index is 12.7. The van der Waals surface area contributed by atoms with Gasteiger partial charge in [-0.2, -0.15) is 13.2 Å². The number of esters is 1. The molecule has 0 fully saturated rings. The topological polar surface area (TPSA) is 39.2 Å². The molecule has 3 nitrogen and oxygen atoms in total. The van der Waals surface area contributed by atoms with E-state index in [0.717, 1.165) is 7.11 Å². The number of rotatable bonds is 3. The summed E-state index contributed by atoms with van der Waals surface area (Å²) in [5.74, 6) is -0.918. The number of alkyl halides is 5. The van der Waals surface area contributed by atoms with E-state index in [1.54, 1.807) is 0 Å². The Labute approximate surface area is 118 Å². The first-order valence-corrected chi connectivity index (χ1v) is 5.86. The number of ether oxygens (including phenoxy) is 1. The van der Waals surface area contributed by atoms with Crippen molar-refractivity contribution in [1.82, 2.24) is 4.98 Å². The zero-order chi connectivity index (χ0) is 14.8. The second kappa shape index (κ2) is 5.97. The fraction of sp³-hybridized carbons (Fsp3) is 0.400. The normalized spacial score (nSPS) is 11.8. The van der Waals surface area contributed by atoms with Gasteiger partial charge in [0.15, 0.2) is 0 Å². The molecule has 19 heavy (non-hydrogen) atoms. The highest BCUT2D eigenvalue weighted by Gasteiger charge is 2.35. The van der Waals surface area contributed by atoms with Gasteiger partial charge in [0.2, 0.25) is 0 Å². The first-order valence-electron chi connectivity index (χ1n) is 4.78. The summed E-state index contributed by atoms with van der Waals surface area (Å²) in [7, 11) is 1.01. The van der Waals surface area contributed by atoms with Gasteiger partial charge in [0.1, 0.15) is 9.39 Å². The molecule has 0 aliphatic carbocycles. The molecule has 0 saturated carbocycles. The van der Waals surface area contributed by atoms with Crippen LogP contribution >= 0.6 is 22.6 Å². The molecule has 106 valence electrons. The van der Waals surface area contributed by atoms with Crippen molar-refractivity contribution < 1.29 is 31.5 Å². The molecule has 1 rings (SSSR count). The van der Waals surface area contributed by atoms with E-state index in [-0.39, 0.29) is 0 Å². The molecule has 9 heteroatoms. The number of methoxy groups -OCH3 is 1. The van der Waals surface area contributed by atoms with Crippen LogP contribution < -0.4 is 0 Å². The number of aromatic nitrogens is 1. The van der Waals surface area contributed by atoms with Gasteiger partial charge in [-0.3, -0.25) is 4.79 Å². The van der Waals surface area contributed by atoms with Crippen molar-refractivity contribution in [2.75, 3.05) is 7.11 Å². The van der Waals surface area contributed by atoms with Crippen LogP contribution in [-0.4, -0.2) is 18.1 Å².